The Bertz CT molecular complexity index is 614. The molecule has 2 heterocycles. The average Bonchev–Trinajstić information content (AvgIpc) is 3.00. The third-order valence-electron chi connectivity index (χ3n) is 2.68. The zero-order valence-corrected chi connectivity index (χ0v) is 13.1. The van der Waals surface area contributed by atoms with Gasteiger partial charge in [0, 0.05) is 30.4 Å². The van der Waals surface area contributed by atoms with Gasteiger partial charge in [-0.2, -0.15) is 0 Å². The summed E-state index contributed by atoms with van der Waals surface area (Å²) in [6.07, 6.45) is 5.05. The molecule has 2 aromatic rings. The van der Waals surface area contributed by atoms with Crippen molar-refractivity contribution in [1.82, 2.24) is 15.6 Å². The van der Waals surface area contributed by atoms with Crippen LogP contribution in [0.25, 0.3) is 0 Å². The second kappa shape index (κ2) is 7.80. The lowest BCUT2D eigenvalue weighted by Gasteiger charge is -2.07. The van der Waals surface area contributed by atoms with Gasteiger partial charge in [0.25, 0.3) is 11.8 Å². The Balaban J connectivity index is 1.75. The fourth-order valence-corrected chi connectivity index (χ4v) is 3.32. The quantitative estimate of drug-likeness (QED) is 0.631. The molecule has 0 bridgehead atoms. The van der Waals surface area contributed by atoms with E-state index >= 15 is 0 Å². The van der Waals surface area contributed by atoms with E-state index in [1.165, 1.54) is 17.5 Å². The number of aromatic nitrogens is 1. The number of rotatable bonds is 6. The van der Waals surface area contributed by atoms with Gasteiger partial charge < -0.3 is 10.6 Å². The minimum absolute atomic E-state index is 0.107. The molecule has 0 unspecified atom stereocenters. The normalized spacial score (nSPS) is 10.1. The van der Waals surface area contributed by atoms with Crippen LogP contribution in [0.4, 0.5) is 0 Å². The number of nitrogens with one attached hydrogen (secondary N) is 2. The topological polar surface area (TPSA) is 71.1 Å². The molecule has 0 radical (unpaired) electrons. The molecule has 0 saturated heterocycles. The largest absolute Gasteiger partial charge is 0.350 e. The first-order chi connectivity index (χ1) is 10.2. The molecule has 2 N–H and O–H groups in total. The highest BCUT2D eigenvalue weighted by atomic mass is 32.2. The molecular formula is C14H15N3O2S2. The summed E-state index contributed by atoms with van der Waals surface area (Å²) in [6.45, 7) is 0.760. The molecule has 5 nitrogen and oxygen atoms in total. The molecule has 0 aliphatic heterocycles. The minimum atomic E-state index is -0.196. The number of thiophene rings is 1. The maximum atomic E-state index is 12.0. The number of thioether (sulfide) groups is 1. The van der Waals surface area contributed by atoms with Crippen LogP contribution in [0, 0.1) is 0 Å². The summed E-state index contributed by atoms with van der Waals surface area (Å²) in [5.41, 5.74) is 0.506. The molecule has 110 valence electrons. The van der Waals surface area contributed by atoms with Crippen LogP contribution >= 0.6 is 23.1 Å². The van der Waals surface area contributed by atoms with Crippen LogP contribution in [0.1, 0.15) is 20.0 Å². The van der Waals surface area contributed by atoms with Gasteiger partial charge in [0.05, 0.1) is 5.56 Å². The third kappa shape index (κ3) is 4.30. The predicted octanol–water partition coefficient (Wildman–Crippen LogP) is 2.02. The second-order valence-corrected chi connectivity index (χ2v) is 5.84. The summed E-state index contributed by atoms with van der Waals surface area (Å²) in [4.78, 5) is 29.3. The molecule has 0 aliphatic carbocycles. The van der Waals surface area contributed by atoms with E-state index in [1.54, 1.807) is 30.1 Å². The van der Waals surface area contributed by atoms with Crippen molar-refractivity contribution in [3.63, 3.8) is 0 Å². The lowest BCUT2D eigenvalue weighted by atomic mass is 10.3. The van der Waals surface area contributed by atoms with Crippen LogP contribution in [-0.4, -0.2) is 36.1 Å². The first-order valence-corrected chi connectivity index (χ1v) is 8.40. The molecular weight excluding hydrogens is 306 g/mol. The number of carbonyl (C=O) groups is 2. The summed E-state index contributed by atoms with van der Waals surface area (Å²) in [5, 5.41) is 7.42. The van der Waals surface area contributed by atoms with Crippen molar-refractivity contribution in [3.05, 3.63) is 46.4 Å². The first kappa shape index (κ1) is 15.5. The summed E-state index contributed by atoms with van der Waals surface area (Å²) in [5.74, 6) is -0.303. The molecule has 7 heteroatoms. The van der Waals surface area contributed by atoms with Gasteiger partial charge >= 0.3 is 0 Å². The standard InChI is InChI=1S/C14H15N3O2S2/c1-20-11-4-8-21-12(11)14(19)17-7-6-16-13(18)10-3-2-5-15-9-10/h2-5,8-9H,6-7H2,1H3,(H,16,18)(H,17,19). The number of hydrogen-bond donors (Lipinski definition) is 2. The van der Waals surface area contributed by atoms with E-state index in [9.17, 15) is 9.59 Å². The van der Waals surface area contributed by atoms with E-state index in [-0.39, 0.29) is 11.8 Å². The molecule has 0 spiro atoms. The van der Waals surface area contributed by atoms with Gasteiger partial charge in [-0.25, -0.2) is 0 Å². The highest BCUT2D eigenvalue weighted by Gasteiger charge is 2.12. The zero-order valence-electron chi connectivity index (χ0n) is 11.5. The number of hydrogen-bond acceptors (Lipinski definition) is 5. The van der Waals surface area contributed by atoms with Crippen LogP contribution in [0.5, 0.6) is 0 Å². The highest BCUT2D eigenvalue weighted by Crippen LogP contribution is 2.25. The number of carbonyl (C=O) groups excluding carboxylic acids is 2. The summed E-state index contributed by atoms with van der Waals surface area (Å²) < 4.78 is 0. The van der Waals surface area contributed by atoms with E-state index in [0.29, 0.717) is 23.5 Å². The minimum Gasteiger partial charge on any atom is -0.350 e. The first-order valence-electron chi connectivity index (χ1n) is 6.30. The van der Waals surface area contributed by atoms with Crippen LogP contribution < -0.4 is 10.6 Å². The second-order valence-electron chi connectivity index (χ2n) is 4.07. The van der Waals surface area contributed by atoms with Crippen molar-refractivity contribution in [2.24, 2.45) is 0 Å². The monoisotopic (exact) mass is 321 g/mol. The molecule has 2 amide bonds. The highest BCUT2D eigenvalue weighted by molar-refractivity contribution is 7.98. The van der Waals surface area contributed by atoms with Crippen LogP contribution in [0.3, 0.4) is 0 Å². The van der Waals surface area contributed by atoms with Crippen molar-refractivity contribution < 1.29 is 9.59 Å². The lowest BCUT2D eigenvalue weighted by Crippen LogP contribution is -2.34. The summed E-state index contributed by atoms with van der Waals surface area (Å²) in [7, 11) is 0. The van der Waals surface area contributed by atoms with Gasteiger partial charge in [-0.3, -0.25) is 14.6 Å². The van der Waals surface area contributed by atoms with E-state index in [1.807, 2.05) is 17.7 Å². The molecule has 2 aromatic heterocycles. The third-order valence-corrected chi connectivity index (χ3v) is 4.50. The molecule has 21 heavy (non-hydrogen) atoms. The average molecular weight is 321 g/mol. The lowest BCUT2D eigenvalue weighted by molar-refractivity contribution is 0.0928. The predicted molar refractivity (Wildman–Crippen MR) is 85.0 cm³/mol. The van der Waals surface area contributed by atoms with Crippen molar-refractivity contribution in [3.8, 4) is 0 Å². The smallest absolute Gasteiger partial charge is 0.262 e. The van der Waals surface area contributed by atoms with Crippen LogP contribution in [-0.2, 0) is 0 Å². The fourth-order valence-electron chi connectivity index (χ4n) is 1.66. The molecule has 0 saturated carbocycles. The van der Waals surface area contributed by atoms with E-state index in [2.05, 4.69) is 15.6 Å². The van der Waals surface area contributed by atoms with E-state index in [4.69, 9.17) is 0 Å². The van der Waals surface area contributed by atoms with Crippen molar-refractivity contribution >= 4 is 34.9 Å². The molecule has 0 atom stereocenters. The van der Waals surface area contributed by atoms with Gasteiger partial charge in [-0.15, -0.1) is 23.1 Å². The number of pyridine rings is 1. The Hall–Kier alpha value is -1.86. The maximum Gasteiger partial charge on any atom is 0.262 e. The number of amides is 2. The van der Waals surface area contributed by atoms with Crippen LogP contribution in [0.15, 0.2) is 40.9 Å². The van der Waals surface area contributed by atoms with Crippen molar-refractivity contribution in [1.29, 1.82) is 0 Å². The Morgan fingerprint density at radius 3 is 2.67 bits per heavy atom. The van der Waals surface area contributed by atoms with Crippen LogP contribution in [0.2, 0.25) is 0 Å². The van der Waals surface area contributed by atoms with Crippen molar-refractivity contribution in [2.75, 3.05) is 19.3 Å². The number of nitrogens with zero attached hydrogens (tertiary/aromatic N) is 1. The Labute approximate surface area is 131 Å². The Morgan fingerprint density at radius 2 is 2.00 bits per heavy atom. The van der Waals surface area contributed by atoms with Gasteiger partial charge in [0.1, 0.15) is 4.88 Å². The summed E-state index contributed by atoms with van der Waals surface area (Å²) >= 11 is 2.96. The van der Waals surface area contributed by atoms with Gasteiger partial charge in [-0.05, 0) is 29.8 Å². The van der Waals surface area contributed by atoms with E-state index < -0.39 is 0 Å². The molecule has 0 fully saturated rings. The van der Waals surface area contributed by atoms with Crippen molar-refractivity contribution in [2.45, 2.75) is 4.90 Å². The SMILES string of the molecule is CSc1ccsc1C(=O)NCCNC(=O)c1cccnc1. The van der Waals surface area contributed by atoms with E-state index in [0.717, 1.165) is 4.90 Å². The van der Waals surface area contributed by atoms with Gasteiger partial charge in [-0.1, -0.05) is 0 Å². The maximum absolute atomic E-state index is 12.0. The fraction of sp³-hybridized carbons (Fsp3) is 0.214. The zero-order chi connectivity index (χ0) is 15.1. The van der Waals surface area contributed by atoms with Gasteiger partial charge in [0.2, 0.25) is 0 Å². The molecule has 0 aliphatic rings. The molecule has 0 aromatic carbocycles. The molecule has 2 rings (SSSR count). The Morgan fingerprint density at radius 1 is 1.24 bits per heavy atom. The van der Waals surface area contributed by atoms with Gasteiger partial charge in [0.15, 0.2) is 0 Å². The Kier molecular flexibility index (Phi) is 5.77. The summed E-state index contributed by atoms with van der Waals surface area (Å²) in [6, 6.07) is 5.32.